The Balaban J connectivity index is 1.22. The Kier molecular flexibility index (Phi) is 14.2. The zero-order valence-corrected chi connectivity index (χ0v) is 29.1. The largest absolute Gasteiger partial charge is 0.478 e. The number of unbranched alkanes of at least 4 members (excludes halogenated alkanes) is 3. The van der Waals surface area contributed by atoms with Gasteiger partial charge in [-0.25, -0.2) is 10.3 Å². The molecule has 0 radical (unpaired) electrons. The van der Waals surface area contributed by atoms with Crippen molar-refractivity contribution in [2.75, 3.05) is 5.75 Å². The fraction of sp³-hybridized carbons (Fsp3) is 0.325. The van der Waals surface area contributed by atoms with Gasteiger partial charge < -0.3 is 25.0 Å². The molecule has 5 N–H and O–H groups in total. The Labute approximate surface area is 302 Å². The van der Waals surface area contributed by atoms with Gasteiger partial charge in [0.1, 0.15) is 0 Å². The van der Waals surface area contributed by atoms with Crippen LogP contribution in [0.5, 0.6) is 0 Å². The number of carboxylic acid groups (broad SMARTS) is 1. The Morgan fingerprint density at radius 2 is 1.43 bits per heavy atom. The molecule has 5 rings (SSSR count). The molecule has 1 heterocycles. The Morgan fingerprint density at radius 1 is 0.765 bits per heavy atom. The zero-order chi connectivity index (χ0) is 36.0. The first-order valence-electron chi connectivity index (χ1n) is 17.2. The van der Waals surface area contributed by atoms with Crippen molar-refractivity contribution in [3.63, 3.8) is 0 Å². The van der Waals surface area contributed by atoms with Gasteiger partial charge in [0.2, 0.25) is 11.8 Å². The Morgan fingerprint density at radius 3 is 2.10 bits per heavy atom. The van der Waals surface area contributed by atoms with Gasteiger partial charge >= 0.3 is 5.97 Å². The lowest BCUT2D eigenvalue weighted by Gasteiger charge is -2.36. The second-order valence-electron chi connectivity index (χ2n) is 12.5. The van der Waals surface area contributed by atoms with E-state index in [1.807, 2.05) is 84.9 Å². The number of rotatable bonds is 17. The number of nitrogens with one attached hydrogen (secondary N) is 2. The normalized spacial score (nSPS) is 17.1. The van der Waals surface area contributed by atoms with Gasteiger partial charge in [-0.15, -0.1) is 11.8 Å². The van der Waals surface area contributed by atoms with Gasteiger partial charge in [-0.3, -0.25) is 14.8 Å². The number of thioether (sulfide) groups is 1. The predicted octanol–water partition coefficient (Wildman–Crippen LogP) is 7.34. The molecular formula is C40H44N2O8S. The number of hydrogen-bond acceptors (Lipinski definition) is 8. The number of aromatic carboxylic acids is 1. The highest BCUT2D eigenvalue weighted by Crippen LogP contribution is 2.40. The standard InChI is InChI=1S/C40H44N2O8S/c43-25-27-11-13-29(14-12-27)36-23-33(26-51-34-21-19-30(20-22-34)39(46)47)49-40(50-36)31-17-15-28(16-18-31)35-8-6-5-7-32(35)24-41-37(44)9-3-1-2-4-10-38(45)42-48/h5-8,11-22,33,36,40,43,48H,1-4,9-10,23-26H2,(H,41,44)(H,42,45)(H,46,47). The van der Waals surface area contributed by atoms with Crippen LogP contribution >= 0.6 is 11.8 Å². The highest BCUT2D eigenvalue weighted by Gasteiger charge is 2.32. The average Bonchev–Trinajstić information content (AvgIpc) is 3.17. The van der Waals surface area contributed by atoms with Crippen LogP contribution in [0.4, 0.5) is 0 Å². The molecule has 0 saturated carbocycles. The number of hydrogen-bond donors (Lipinski definition) is 5. The number of carbonyl (C=O) groups is 3. The third kappa shape index (κ3) is 11.2. The number of carboxylic acids is 1. The van der Waals surface area contributed by atoms with Crippen LogP contribution in [0.3, 0.4) is 0 Å². The van der Waals surface area contributed by atoms with Crippen LogP contribution in [0.25, 0.3) is 11.1 Å². The molecule has 51 heavy (non-hydrogen) atoms. The van der Waals surface area contributed by atoms with Crippen molar-refractivity contribution in [1.82, 2.24) is 10.8 Å². The van der Waals surface area contributed by atoms with Gasteiger partial charge in [0.15, 0.2) is 6.29 Å². The predicted molar refractivity (Wildman–Crippen MR) is 194 cm³/mol. The molecule has 0 bridgehead atoms. The molecule has 3 atom stereocenters. The minimum absolute atomic E-state index is 0.0228. The second kappa shape index (κ2) is 19.2. The van der Waals surface area contributed by atoms with Crippen molar-refractivity contribution in [3.8, 4) is 11.1 Å². The fourth-order valence-corrected chi connectivity index (χ4v) is 6.87. The van der Waals surface area contributed by atoms with Crippen LogP contribution in [-0.4, -0.2) is 45.1 Å². The second-order valence-corrected chi connectivity index (χ2v) is 13.6. The van der Waals surface area contributed by atoms with E-state index in [2.05, 4.69) is 5.32 Å². The Hall–Kier alpha value is -4.52. The number of benzene rings is 4. The summed E-state index contributed by atoms with van der Waals surface area (Å²) in [5, 5.41) is 30.4. The van der Waals surface area contributed by atoms with Crippen LogP contribution in [0.2, 0.25) is 0 Å². The number of ether oxygens (including phenoxy) is 2. The maximum Gasteiger partial charge on any atom is 0.335 e. The van der Waals surface area contributed by atoms with E-state index < -0.39 is 18.2 Å². The smallest absolute Gasteiger partial charge is 0.335 e. The molecule has 2 amide bonds. The first-order chi connectivity index (χ1) is 24.8. The molecule has 0 aromatic heterocycles. The maximum atomic E-state index is 12.6. The van der Waals surface area contributed by atoms with Crippen molar-refractivity contribution in [1.29, 1.82) is 0 Å². The molecular weight excluding hydrogens is 669 g/mol. The van der Waals surface area contributed by atoms with E-state index >= 15 is 0 Å². The van der Waals surface area contributed by atoms with Crippen LogP contribution in [0, 0.1) is 0 Å². The first-order valence-corrected chi connectivity index (χ1v) is 18.2. The molecule has 1 aliphatic rings. The van der Waals surface area contributed by atoms with Crippen LogP contribution in [0.1, 0.15) is 90.0 Å². The van der Waals surface area contributed by atoms with Gasteiger partial charge in [-0.1, -0.05) is 85.6 Å². The third-order valence-electron chi connectivity index (χ3n) is 8.82. The van der Waals surface area contributed by atoms with Crippen molar-refractivity contribution < 1.29 is 39.3 Å². The van der Waals surface area contributed by atoms with Gasteiger partial charge in [0.05, 0.1) is 24.4 Å². The summed E-state index contributed by atoms with van der Waals surface area (Å²) < 4.78 is 13.0. The van der Waals surface area contributed by atoms with Gasteiger partial charge in [-0.2, -0.15) is 0 Å². The number of hydroxylamine groups is 1. The van der Waals surface area contributed by atoms with Gasteiger partial charge in [-0.05, 0) is 64.9 Å². The lowest BCUT2D eigenvalue weighted by molar-refractivity contribution is -0.245. The SMILES string of the molecule is O=C(CCCCCCC(=O)NCc1ccccc1-c1ccc(C2OC(CSc3ccc(C(=O)O)cc3)CC(c3ccc(CO)cc3)O2)cc1)NO. The van der Waals surface area contributed by atoms with E-state index in [0.29, 0.717) is 31.6 Å². The zero-order valence-electron chi connectivity index (χ0n) is 28.3. The molecule has 11 heteroatoms. The maximum absolute atomic E-state index is 12.6. The summed E-state index contributed by atoms with van der Waals surface area (Å²) in [6.07, 6.45) is 3.39. The summed E-state index contributed by atoms with van der Waals surface area (Å²) in [6.45, 7) is 0.368. The Bertz CT molecular complexity index is 1730. The van der Waals surface area contributed by atoms with Gasteiger partial charge in [0.25, 0.3) is 0 Å². The summed E-state index contributed by atoms with van der Waals surface area (Å²) >= 11 is 1.61. The molecule has 4 aromatic rings. The molecule has 10 nitrogen and oxygen atoms in total. The number of aliphatic hydroxyl groups is 1. The highest BCUT2D eigenvalue weighted by atomic mass is 32.2. The van der Waals surface area contributed by atoms with E-state index in [1.165, 1.54) is 0 Å². The topological polar surface area (TPSA) is 154 Å². The van der Waals surface area contributed by atoms with Crippen molar-refractivity contribution >= 4 is 29.5 Å². The minimum atomic E-state index is -0.956. The fourth-order valence-electron chi connectivity index (χ4n) is 5.94. The van der Waals surface area contributed by atoms with Crippen LogP contribution in [0.15, 0.2) is 102 Å². The first kappa shape index (κ1) is 37.7. The van der Waals surface area contributed by atoms with E-state index in [9.17, 15) is 24.6 Å². The third-order valence-corrected chi connectivity index (χ3v) is 9.97. The summed E-state index contributed by atoms with van der Waals surface area (Å²) in [5.41, 5.74) is 7.59. The van der Waals surface area contributed by atoms with E-state index in [-0.39, 0.29) is 36.7 Å². The lowest BCUT2D eigenvalue weighted by atomic mass is 9.97. The summed E-state index contributed by atoms with van der Waals surface area (Å²) in [5.74, 6) is -0.721. The summed E-state index contributed by atoms with van der Waals surface area (Å²) in [6, 6.07) is 30.6. The lowest BCUT2D eigenvalue weighted by Crippen LogP contribution is -2.31. The highest BCUT2D eigenvalue weighted by molar-refractivity contribution is 7.99. The number of amides is 2. The van der Waals surface area contributed by atoms with Crippen molar-refractivity contribution in [3.05, 3.63) is 125 Å². The number of aliphatic hydroxyl groups excluding tert-OH is 1. The quantitative estimate of drug-likeness (QED) is 0.0327. The van der Waals surface area contributed by atoms with E-state index in [1.54, 1.807) is 29.4 Å². The number of carbonyl (C=O) groups excluding carboxylic acids is 2. The van der Waals surface area contributed by atoms with E-state index in [0.717, 1.165) is 57.5 Å². The molecule has 0 spiro atoms. The molecule has 4 aromatic carbocycles. The van der Waals surface area contributed by atoms with Crippen LogP contribution < -0.4 is 10.8 Å². The van der Waals surface area contributed by atoms with Crippen molar-refractivity contribution in [2.24, 2.45) is 0 Å². The minimum Gasteiger partial charge on any atom is -0.478 e. The summed E-state index contributed by atoms with van der Waals surface area (Å²) in [7, 11) is 0. The van der Waals surface area contributed by atoms with E-state index in [4.69, 9.17) is 14.7 Å². The molecule has 268 valence electrons. The molecule has 1 aliphatic heterocycles. The van der Waals surface area contributed by atoms with Crippen LogP contribution in [-0.2, 0) is 32.2 Å². The summed E-state index contributed by atoms with van der Waals surface area (Å²) in [4.78, 5) is 35.9. The van der Waals surface area contributed by atoms with Gasteiger partial charge in [0, 0.05) is 42.0 Å². The molecule has 1 saturated heterocycles. The monoisotopic (exact) mass is 712 g/mol. The molecule has 0 aliphatic carbocycles. The average molecular weight is 713 g/mol. The molecule has 3 unspecified atom stereocenters. The molecule has 1 fully saturated rings. The van der Waals surface area contributed by atoms with Crippen molar-refractivity contribution in [2.45, 2.75) is 81.5 Å².